The van der Waals surface area contributed by atoms with Gasteiger partial charge in [0.1, 0.15) is 22.9 Å². The van der Waals surface area contributed by atoms with Crippen molar-refractivity contribution in [2.75, 3.05) is 5.32 Å². The van der Waals surface area contributed by atoms with Gasteiger partial charge in [0, 0.05) is 24.0 Å². The van der Waals surface area contributed by atoms with E-state index >= 15 is 4.39 Å². The molecule has 0 aliphatic heterocycles. The first-order valence-electron chi connectivity index (χ1n) is 11.1. The molecule has 1 saturated carbocycles. The minimum absolute atomic E-state index is 0.274. The minimum Gasteiger partial charge on any atom is -0.306 e. The van der Waals surface area contributed by atoms with Crippen molar-refractivity contribution in [3.63, 3.8) is 0 Å². The molecule has 1 amide bonds. The van der Waals surface area contributed by atoms with Gasteiger partial charge in [-0.2, -0.15) is 10.2 Å². The first-order chi connectivity index (χ1) is 16.6. The second kappa shape index (κ2) is 7.91. The molecule has 1 aliphatic carbocycles. The molecule has 3 aromatic heterocycles. The molecule has 168 valence electrons. The van der Waals surface area contributed by atoms with Gasteiger partial charge in [0.2, 0.25) is 0 Å². The molecule has 1 aliphatic rings. The van der Waals surface area contributed by atoms with Crippen molar-refractivity contribution in [1.82, 2.24) is 24.4 Å². The standard InChI is InChI=1S/C26H21FN6O/c1-16-3-5-18(6-4-16)22-14-24(30-26(34)20-15-29-32-12-2-11-28-25(20)32)33(31-22)23-10-9-19(13-21(23)27)17-7-8-17/h2-6,9-15,17H,7-8H2,1H3,(H,30,34). The van der Waals surface area contributed by atoms with E-state index in [4.69, 9.17) is 0 Å². The lowest BCUT2D eigenvalue weighted by molar-refractivity contribution is 0.102. The Morgan fingerprint density at radius 3 is 2.71 bits per heavy atom. The molecule has 0 radical (unpaired) electrons. The topological polar surface area (TPSA) is 77.1 Å². The number of nitrogens with one attached hydrogen (secondary N) is 1. The number of hydrogen-bond acceptors (Lipinski definition) is 4. The molecule has 1 N–H and O–H groups in total. The Morgan fingerprint density at radius 1 is 1.12 bits per heavy atom. The van der Waals surface area contributed by atoms with E-state index in [0.29, 0.717) is 28.6 Å². The van der Waals surface area contributed by atoms with Gasteiger partial charge < -0.3 is 5.32 Å². The number of benzene rings is 2. The van der Waals surface area contributed by atoms with Gasteiger partial charge in [-0.15, -0.1) is 0 Å². The average molecular weight is 452 g/mol. The van der Waals surface area contributed by atoms with Crippen LogP contribution in [0.15, 0.2) is 73.2 Å². The Bertz CT molecular complexity index is 1530. The van der Waals surface area contributed by atoms with Gasteiger partial charge in [0.05, 0.1) is 11.9 Å². The van der Waals surface area contributed by atoms with Crippen LogP contribution < -0.4 is 5.32 Å². The summed E-state index contributed by atoms with van der Waals surface area (Å²) in [5.74, 6) is 0.0110. The first kappa shape index (κ1) is 20.3. The van der Waals surface area contributed by atoms with E-state index in [1.54, 1.807) is 36.7 Å². The Balaban J connectivity index is 1.42. The van der Waals surface area contributed by atoms with E-state index in [-0.39, 0.29) is 11.5 Å². The van der Waals surface area contributed by atoms with E-state index in [0.717, 1.165) is 29.5 Å². The lowest BCUT2D eigenvalue weighted by Crippen LogP contribution is -2.15. The Kier molecular flexibility index (Phi) is 4.72. The number of nitrogens with zero attached hydrogens (tertiary/aromatic N) is 5. The maximum absolute atomic E-state index is 15.2. The molecule has 0 saturated heterocycles. The highest BCUT2D eigenvalue weighted by Gasteiger charge is 2.25. The molecule has 1 fully saturated rings. The predicted molar refractivity (Wildman–Crippen MR) is 127 cm³/mol. The van der Waals surface area contributed by atoms with E-state index in [1.165, 1.54) is 15.4 Å². The molecule has 0 spiro atoms. The fourth-order valence-corrected chi connectivity index (χ4v) is 4.06. The molecule has 0 atom stereocenters. The number of carbonyl (C=O) groups is 1. The largest absolute Gasteiger partial charge is 0.306 e. The summed E-state index contributed by atoms with van der Waals surface area (Å²) >= 11 is 0. The van der Waals surface area contributed by atoms with Crippen LogP contribution in [0, 0.1) is 12.7 Å². The number of anilines is 1. The lowest BCUT2D eigenvalue weighted by Gasteiger charge is -2.10. The summed E-state index contributed by atoms with van der Waals surface area (Å²) in [6.45, 7) is 2.01. The highest BCUT2D eigenvalue weighted by Crippen LogP contribution is 2.41. The number of carbonyl (C=O) groups excluding carboxylic acids is 1. The maximum Gasteiger partial charge on any atom is 0.262 e. The summed E-state index contributed by atoms with van der Waals surface area (Å²) in [6, 6.07) is 16.6. The van der Waals surface area contributed by atoms with Crippen molar-refractivity contribution in [1.29, 1.82) is 0 Å². The normalized spacial score (nSPS) is 13.4. The van der Waals surface area contributed by atoms with Crippen LogP contribution in [0.5, 0.6) is 0 Å². The third-order valence-corrected chi connectivity index (χ3v) is 6.07. The molecular weight excluding hydrogens is 431 g/mol. The summed E-state index contributed by atoms with van der Waals surface area (Å²) in [5, 5.41) is 11.7. The number of hydrogen-bond donors (Lipinski definition) is 1. The summed E-state index contributed by atoms with van der Waals surface area (Å²) in [6.07, 6.45) is 6.96. The van der Waals surface area contributed by atoms with Crippen LogP contribution in [0.1, 0.15) is 40.2 Å². The van der Waals surface area contributed by atoms with Crippen LogP contribution in [0.2, 0.25) is 0 Å². The Labute approximate surface area is 194 Å². The molecule has 7 nitrogen and oxygen atoms in total. The fraction of sp³-hybridized carbons (Fsp3) is 0.154. The van der Waals surface area contributed by atoms with Crippen LogP contribution >= 0.6 is 0 Å². The van der Waals surface area contributed by atoms with Gasteiger partial charge in [0.25, 0.3) is 5.91 Å². The lowest BCUT2D eigenvalue weighted by atomic mass is 10.1. The zero-order chi connectivity index (χ0) is 23.2. The van der Waals surface area contributed by atoms with Crippen LogP contribution in [-0.4, -0.2) is 30.3 Å². The molecule has 2 aromatic carbocycles. The van der Waals surface area contributed by atoms with Crippen molar-refractivity contribution in [2.24, 2.45) is 0 Å². The summed E-state index contributed by atoms with van der Waals surface area (Å²) in [4.78, 5) is 17.4. The zero-order valence-electron chi connectivity index (χ0n) is 18.4. The third-order valence-electron chi connectivity index (χ3n) is 6.07. The number of aromatic nitrogens is 5. The maximum atomic E-state index is 15.2. The molecule has 0 unspecified atom stereocenters. The Morgan fingerprint density at radius 2 is 1.94 bits per heavy atom. The zero-order valence-corrected chi connectivity index (χ0v) is 18.4. The molecule has 34 heavy (non-hydrogen) atoms. The van der Waals surface area contributed by atoms with E-state index in [2.05, 4.69) is 20.5 Å². The van der Waals surface area contributed by atoms with Gasteiger partial charge in [-0.25, -0.2) is 18.6 Å². The van der Waals surface area contributed by atoms with Gasteiger partial charge in [0.15, 0.2) is 5.65 Å². The van der Waals surface area contributed by atoms with E-state index in [1.807, 2.05) is 37.3 Å². The predicted octanol–water partition coefficient (Wildman–Crippen LogP) is 5.16. The first-order valence-corrected chi connectivity index (χ1v) is 11.1. The van der Waals surface area contributed by atoms with Crippen LogP contribution in [0.4, 0.5) is 10.2 Å². The summed E-state index contributed by atoms with van der Waals surface area (Å²) < 4.78 is 18.2. The number of amides is 1. The van der Waals surface area contributed by atoms with Crippen molar-refractivity contribution in [2.45, 2.75) is 25.7 Å². The SMILES string of the molecule is Cc1ccc(-c2cc(NC(=O)c3cnn4cccnc34)n(-c3ccc(C4CC4)cc3F)n2)cc1. The minimum atomic E-state index is -0.402. The van der Waals surface area contributed by atoms with Crippen LogP contribution in [-0.2, 0) is 0 Å². The molecular formula is C26H21FN6O. The quantitative estimate of drug-likeness (QED) is 0.400. The second-order valence-corrected chi connectivity index (χ2v) is 8.58. The van der Waals surface area contributed by atoms with Crippen LogP contribution in [0.25, 0.3) is 22.6 Å². The third kappa shape index (κ3) is 3.63. The summed E-state index contributed by atoms with van der Waals surface area (Å²) in [7, 11) is 0. The van der Waals surface area contributed by atoms with Crippen molar-refractivity contribution in [3.8, 4) is 16.9 Å². The number of fused-ring (bicyclic) bond motifs is 1. The van der Waals surface area contributed by atoms with Gasteiger partial charge in [-0.05, 0) is 49.4 Å². The highest BCUT2D eigenvalue weighted by atomic mass is 19.1. The average Bonchev–Trinajstić information content (AvgIpc) is 3.48. The van der Waals surface area contributed by atoms with Crippen molar-refractivity contribution < 1.29 is 9.18 Å². The van der Waals surface area contributed by atoms with E-state index in [9.17, 15) is 4.79 Å². The molecule has 6 rings (SSSR count). The smallest absolute Gasteiger partial charge is 0.262 e. The fourth-order valence-electron chi connectivity index (χ4n) is 4.06. The number of rotatable bonds is 5. The monoisotopic (exact) mass is 452 g/mol. The molecule has 5 aromatic rings. The number of aryl methyl sites for hydroxylation is 1. The molecule has 8 heteroatoms. The van der Waals surface area contributed by atoms with E-state index < -0.39 is 5.91 Å². The Hall–Kier alpha value is -4.33. The van der Waals surface area contributed by atoms with Crippen LogP contribution in [0.3, 0.4) is 0 Å². The summed E-state index contributed by atoms with van der Waals surface area (Å²) in [5.41, 5.74) is 4.64. The number of halogens is 1. The highest BCUT2D eigenvalue weighted by molar-refractivity contribution is 6.08. The van der Waals surface area contributed by atoms with Gasteiger partial charge in [-0.1, -0.05) is 35.9 Å². The molecule has 0 bridgehead atoms. The molecule has 3 heterocycles. The van der Waals surface area contributed by atoms with Gasteiger partial charge in [-0.3, -0.25) is 4.79 Å². The van der Waals surface area contributed by atoms with Crippen molar-refractivity contribution in [3.05, 3.63) is 95.7 Å². The second-order valence-electron chi connectivity index (χ2n) is 8.58. The van der Waals surface area contributed by atoms with Crippen molar-refractivity contribution >= 4 is 17.4 Å². The van der Waals surface area contributed by atoms with Gasteiger partial charge >= 0.3 is 0 Å².